The minimum Gasteiger partial charge on any atom is -0.370 e. The molecule has 1 aliphatic heterocycles. The number of halogens is 2. The molecule has 0 spiro atoms. The van der Waals surface area contributed by atoms with Crippen molar-refractivity contribution in [1.82, 2.24) is 10.2 Å². The number of thioether (sulfide) groups is 1. The highest BCUT2D eigenvalue weighted by molar-refractivity contribution is 7.99. The highest BCUT2D eigenvalue weighted by Crippen LogP contribution is 2.08. The molecule has 3 N–H and O–H groups in total. The third kappa shape index (κ3) is 5.71. The molecule has 0 aromatic rings. The summed E-state index contributed by atoms with van der Waals surface area (Å²) in [4.78, 5) is 16.9. The van der Waals surface area contributed by atoms with E-state index in [-0.39, 0.29) is 6.54 Å². The van der Waals surface area contributed by atoms with Crippen molar-refractivity contribution < 1.29 is 13.6 Å². The van der Waals surface area contributed by atoms with E-state index in [1.165, 1.54) is 0 Å². The fourth-order valence-electron chi connectivity index (χ4n) is 1.29. The number of rotatable bonds is 4. The fraction of sp³-hybridized carbons (Fsp3) is 0.778. The van der Waals surface area contributed by atoms with Gasteiger partial charge in [-0.25, -0.2) is 13.8 Å². The molecule has 1 aliphatic rings. The number of nitrogens with zero attached hydrogens (tertiary/aromatic N) is 2. The topological polar surface area (TPSA) is 70.7 Å². The van der Waals surface area contributed by atoms with Gasteiger partial charge in [0.1, 0.15) is 6.54 Å². The first kappa shape index (κ1) is 14.0. The minimum atomic E-state index is -2.54. The van der Waals surface area contributed by atoms with Crippen molar-refractivity contribution >= 4 is 23.6 Å². The van der Waals surface area contributed by atoms with Crippen molar-refractivity contribution in [3.8, 4) is 0 Å². The van der Waals surface area contributed by atoms with Crippen LogP contribution in [0.2, 0.25) is 0 Å². The van der Waals surface area contributed by atoms with Gasteiger partial charge in [-0.15, -0.1) is 0 Å². The lowest BCUT2D eigenvalue weighted by Gasteiger charge is -2.27. The normalized spacial score (nSPS) is 17.4. The van der Waals surface area contributed by atoms with Crippen LogP contribution in [0.5, 0.6) is 0 Å². The Labute approximate surface area is 103 Å². The predicted octanol–water partition coefficient (Wildman–Crippen LogP) is -0.269. The Morgan fingerprint density at radius 1 is 1.47 bits per heavy atom. The van der Waals surface area contributed by atoms with E-state index >= 15 is 0 Å². The maximum absolute atomic E-state index is 11.8. The molecule has 0 aromatic carbocycles. The summed E-state index contributed by atoms with van der Waals surface area (Å²) in [6.07, 6.45) is -2.54. The van der Waals surface area contributed by atoms with Crippen LogP contribution in [0.4, 0.5) is 8.78 Å². The molecule has 8 heteroatoms. The Kier molecular flexibility index (Phi) is 6.03. The maximum atomic E-state index is 11.8. The summed E-state index contributed by atoms with van der Waals surface area (Å²) in [5.41, 5.74) is 5.69. The average molecular weight is 266 g/mol. The van der Waals surface area contributed by atoms with Gasteiger partial charge in [-0.1, -0.05) is 0 Å². The monoisotopic (exact) mass is 266 g/mol. The standard InChI is InChI=1S/C9H16F2N4OS/c10-7(11)5-13-8(16)6-14-9(12)15-1-3-17-4-2-15/h7H,1-6H2,(H2,12,14)(H,13,16). The third-order valence-corrected chi connectivity index (χ3v) is 3.12. The molecule has 0 aliphatic carbocycles. The van der Waals surface area contributed by atoms with E-state index in [9.17, 15) is 13.6 Å². The van der Waals surface area contributed by atoms with Crippen LogP contribution in [0, 0.1) is 0 Å². The zero-order chi connectivity index (χ0) is 12.7. The Hall–Kier alpha value is -1.05. The van der Waals surface area contributed by atoms with Gasteiger partial charge >= 0.3 is 0 Å². The van der Waals surface area contributed by atoms with E-state index < -0.39 is 18.9 Å². The highest BCUT2D eigenvalue weighted by Gasteiger charge is 2.12. The number of hydrogen-bond acceptors (Lipinski definition) is 3. The summed E-state index contributed by atoms with van der Waals surface area (Å²) in [6.45, 7) is 0.758. The molecule has 0 radical (unpaired) electrons. The van der Waals surface area contributed by atoms with Crippen molar-refractivity contribution in [1.29, 1.82) is 0 Å². The first-order valence-electron chi connectivity index (χ1n) is 5.27. The molecule has 0 atom stereocenters. The molecule has 1 amide bonds. The van der Waals surface area contributed by atoms with Crippen LogP contribution in [0.1, 0.15) is 0 Å². The van der Waals surface area contributed by atoms with Crippen molar-refractivity contribution in [2.45, 2.75) is 6.43 Å². The Balaban J connectivity index is 2.28. The highest BCUT2D eigenvalue weighted by atomic mass is 32.2. The molecular formula is C9H16F2N4OS. The lowest BCUT2D eigenvalue weighted by Crippen LogP contribution is -2.43. The minimum absolute atomic E-state index is 0.206. The van der Waals surface area contributed by atoms with Gasteiger partial charge in [-0.05, 0) is 0 Å². The van der Waals surface area contributed by atoms with Crippen molar-refractivity contribution in [3.05, 3.63) is 0 Å². The quantitative estimate of drug-likeness (QED) is 0.543. The Morgan fingerprint density at radius 2 is 2.12 bits per heavy atom. The smallest absolute Gasteiger partial charge is 0.255 e. The van der Waals surface area contributed by atoms with E-state index in [0.717, 1.165) is 24.6 Å². The SMILES string of the molecule is NC(=NCC(=O)NCC(F)F)N1CCSCC1. The number of carbonyl (C=O) groups excluding carboxylic acids is 1. The number of amides is 1. The maximum Gasteiger partial charge on any atom is 0.255 e. The summed E-state index contributed by atoms with van der Waals surface area (Å²) in [7, 11) is 0. The predicted molar refractivity (Wildman–Crippen MR) is 64.4 cm³/mol. The summed E-state index contributed by atoms with van der Waals surface area (Å²) in [5.74, 6) is 1.72. The van der Waals surface area contributed by atoms with Crippen LogP contribution in [0.15, 0.2) is 4.99 Å². The largest absolute Gasteiger partial charge is 0.370 e. The van der Waals surface area contributed by atoms with Crippen LogP contribution < -0.4 is 11.1 Å². The molecule has 5 nitrogen and oxygen atoms in total. The second-order valence-corrected chi connectivity index (χ2v) is 4.69. The molecular weight excluding hydrogens is 250 g/mol. The number of carbonyl (C=O) groups is 1. The average Bonchev–Trinajstić information content (AvgIpc) is 2.34. The lowest BCUT2D eigenvalue weighted by molar-refractivity contribution is -0.120. The van der Waals surface area contributed by atoms with E-state index in [0.29, 0.717) is 5.96 Å². The van der Waals surface area contributed by atoms with Crippen LogP contribution in [0.25, 0.3) is 0 Å². The second-order valence-electron chi connectivity index (χ2n) is 3.47. The van der Waals surface area contributed by atoms with Gasteiger partial charge in [0.05, 0.1) is 6.54 Å². The van der Waals surface area contributed by atoms with Crippen LogP contribution >= 0.6 is 11.8 Å². The molecule has 98 valence electrons. The van der Waals surface area contributed by atoms with Gasteiger partial charge < -0.3 is 16.0 Å². The van der Waals surface area contributed by atoms with Crippen LogP contribution in [-0.4, -0.2) is 60.9 Å². The zero-order valence-corrected chi connectivity index (χ0v) is 10.2. The number of alkyl halides is 2. The Bertz CT molecular complexity index is 282. The number of aliphatic imine (C=N–C) groups is 1. The van der Waals surface area contributed by atoms with Gasteiger partial charge in [0.15, 0.2) is 5.96 Å². The molecule has 0 saturated carbocycles. The van der Waals surface area contributed by atoms with E-state index in [4.69, 9.17) is 5.73 Å². The molecule has 1 saturated heterocycles. The van der Waals surface area contributed by atoms with Crippen molar-refractivity contribution in [2.75, 3.05) is 37.7 Å². The number of guanidine groups is 1. The molecule has 0 bridgehead atoms. The number of hydrogen-bond donors (Lipinski definition) is 2. The summed E-state index contributed by atoms with van der Waals surface area (Å²) in [5, 5.41) is 2.07. The van der Waals surface area contributed by atoms with Gasteiger partial charge in [-0.3, -0.25) is 4.79 Å². The van der Waals surface area contributed by atoms with Crippen molar-refractivity contribution in [3.63, 3.8) is 0 Å². The number of nitrogens with two attached hydrogens (primary N) is 1. The van der Waals surface area contributed by atoms with Crippen LogP contribution in [-0.2, 0) is 4.79 Å². The van der Waals surface area contributed by atoms with E-state index in [1.807, 2.05) is 16.7 Å². The Morgan fingerprint density at radius 3 is 2.71 bits per heavy atom. The van der Waals surface area contributed by atoms with Crippen molar-refractivity contribution in [2.24, 2.45) is 10.7 Å². The van der Waals surface area contributed by atoms with E-state index in [1.54, 1.807) is 0 Å². The van der Waals surface area contributed by atoms with E-state index in [2.05, 4.69) is 10.3 Å². The number of nitrogens with one attached hydrogen (secondary N) is 1. The zero-order valence-electron chi connectivity index (χ0n) is 9.36. The molecule has 1 rings (SSSR count). The van der Waals surface area contributed by atoms with Gasteiger partial charge in [0.2, 0.25) is 5.91 Å². The van der Waals surface area contributed by atoms with Gasteiger partial charge in [-0.2, -0.15) is 11.8 Å². The third-order valence-electron chi connectivity index (χ3n) is 2.17. The van der Waals surface area contributed by atoms with Crippen LogP contribution in [0.3, 0.4) is 0 Å². The lowest BCUT2D eigenvalue weighted by atomic mass is 10.5. The first-order valence-corrected chi connectivity index (χ1v) is 6.42. The second kappa shape index (κ2) is 7.31. The molecule has 0 aromatic heterocycles. The van der Waals surface area contributed by atoms with Gasteiger partial charge in [0, 0.05) is 24.6 Å². The summed E-state index contributed by atoms with van der Waals surface area (Å²) < 4.78 is 23.6. The summed E-state index contributed by atoms with van der Waals surface area (Å²) >= 11 is 1.84. The fourth-order valence-corrected chi connectivity index (χ4v) is 2.20. The molecule has 1 heterocycles. The molecule has 0 unspecified atom stereocenters. The van der Waals surface area contributed by atoms with Gasteiger partial charge in [0.25, 0.3) is 6.43 Å². The first-order chi connectivity index (χ1) is 8.09. The molecule has 1 fully saturated rings. The molecule has 17 heavy (non-hydrogen) atoms. The summed E-state index contributed by atoms with van der Waals surface area (Å²) in [6, 6.07) is 0.